The largest absolute Gasteiger partial charge is 0.313 e. The molecule has 1 N–H and O–H groups in total. The molecule has 1 heterocycles. The molecule has 96 valence electrons. The molecular weight excluding hydrogens is 246 g/mol. The molecule has 0 bridgehead atoms. The third-order valence-electron chi connectivity index (χ3n) is 3.05. The van der Waals surface area contributed by atoms with Gasteiger partial charge >= 0.3 is 0 Å². The van der Waals surface area contributed by atoms with Gasteiger partial charge in [0.2, 0.25) is 0 Å². The minimum absolute atomic E-state index is 0.730. The molecule has 1 aromatic heterocycles. The summed E-state index contributed by atoms with van der Waals surface area (Å²) >= 11 is 6.02. The van der Waals surface area contributed by atoms with Crippen molar-refractivity contribution in [2.24, 2.45) is 0 Å². The summed E-state index contributed by atoms with van der Waals surface area (Å²) in [6.07, 6.45) is 0. The quantitative estimate of drug-likeness (QED) is 0.918. The average Bonchev–Trinajstić information content (AvgIpc) is 2.63. The molecule has 0 aliphatic carbocycles. The lowest BCUT2D eigenvalue weighted by Gasteiger charge is -2.06. The van der Waals surface area contributed by atoms with E-state index in [1.807, 2.05) is 35.9 Å². The molecule has 18 heavy (non-hydrogen) atoms. The standard InChI is InChI=1S/C14H18ClN3/c1-4-16-9-14-10(2)17-18(11(14)3)13-7-5-6-12(15)8-13/h5-8,16H,4,9H2,1-3H3. The van der Waals surface area contributed by atoms with E-state index < -0.39 is 0 Å². The first-order chi connectivity index (χ1) is 8.63. The van der Waals surface area contributed by atoms with E-state index >= 15 is 0 Å². The smallest absolute Gasteiger partial charge is 0.0663 e. The van der Waals surface area contributed by atoms with Crippen LogP contribution in [0.25, 0.3) is 5.69 Å². The Kier molecular flexibility index (Phi) is 4.04. The first-order valence-electron chi connectivity index (χ1n) is 6.15. The zero-order valence-corrected chi connectivity index (χ0v) is 11.8. The van der Waals surface area contributed by atoms with Crippen molar-refractivity contribution in [2.75, 3.05) is 6.54 Å². The third-order valence-corrected chi connectivity index (χ3v) is 3.28. The van der Waals surface area contributed by atoms with Crippen LogP contribution in [0.4, 0.5) is 0 Å². The number of hydrogen-bond acceptors (Lipinski definition) is 2. The lowest BCUT2D eigenvalue weighted by atomic mass is 10.2. The number of nitrogens with zero attached hydrogens (tertiary/aromatic N) is 2. The third kappa shape index (κ3) is 2.57. The number of hydrogen-bond donors (Lipinski definition) is 1. The first kappa shape index (κ1) is 13.1. The van der Waals surface area contributed by atoms with Gasteiger partial charge in [-0.05, 0) is 38.6 Å². The summed E-state index contributed by atoms with van der Waals surface area (Å²) in [5, 5.41) is 8.67. The maximum absolute atomic E-state index is 6.02. The molecule has 0 atom stereocenters. The highest BCUT2D eigenvalue weighted by Crippen LogP contribution is 2.20. The summed E-state index contributed by atoms with van der Waals surface area (Å²) in [5.74, 6) is 0. The summed E-state index contributed by atoms with van der Waals surface area (Å²) in [7, 11) is 0. The zero-order valence-electron chi connectivity index (χ0n) is 11.0. The van der Waals surface area contributed by atoms with Gasteiger partial charge in [-0.25, -0.2) is 4.68 Å². The minimum atomic E-state index is 0.730. The number of benzene rings is 1. The Morgan fingerprint density at radius 2 is 2.11 bits per heavy atom. The van der Waals surface area contributed by atoms with Crippen LogP contribution in [0.15, 0.2) is 24.3 Å². The number of nitrogens with one attached hydrogen (secondary N) is 1. The molecule has 1 aromatic carbocycles. The van der Waals surface area contributed by atoms with Gasteiger partial charge in [0, 0.05) is 22.8 Å². The molecule has 0 radical (unpaired) electrons. The van der Waals surface area contributed by atoms with E-state index in [-0.39, 0.29) is 0 Å². The summed E-state index contributed by atoms with van der Waals surface area (Å²) in [5.41, 5.74) is 4.49. The van der Waals surface area contributed by atoms with Gasteiger partial charge in [0.1, 0.15) is 0 Å². The topological polar surface area (TPSA) is 29.9 Å². The van der Waals surface area contributed by atoms with E-state index in [1.165, 1.54) is 5.56 Å². The van der Waals surface area contributed by atoms with Crippen molar-refractivity contribution in [2.45, 2.75) is 27.3 Å². The van der Waals surface area contributed by atoms with Crippen LogP contribution in [0.2, 0.25) is 5.02 Å². The SMILES string of the molecule is CCNCc1c(C)nn(-c2cccc(Cl)c2)c1C. The molecule has 2 rings (SSSR count). The second-order valence-corrected chi connectivity index (χ2v) is 4.76. The number of rotatable bonds is 4. The fourth-order valence-corrected chi connectivity index (χ4v) is 2.22. The van der Waals surface area contributed by atoms with E-state index in [0.717, 1.165) is 35.2 Å². The number of halogens is 1. The van der Waals surface area contributed by atoms with Crippen LogP contribution in [0.1, 0.15) is 23.9 Å². The Labute approximate surface area is 113 Å². The molecule has 0 spiro atoms. The molecule has 0 saturated carbocycles. The highest BCUT2D eigenvalue weighted by Gasteiger charge is 2.12. The minimum Gasteiger partial charge on any atom is -0.313 e. The Morgan fingerprint density at radius 3 is 2.78 bits per heavy atom. The van der Waals surface area contributed by atoms with E-state index in [4.69, 9.17) is 11.6 Å². The molecule has 3 nitrogen and oxygen atoms in total. The lowest BCUT2D eigenvalue weighted by Crippen LogP contribution is -2.13. The molecule has 0 saturated heterocycles. The summed E-state index contributed by atoms with van der Waals surface area (Å²) in [6.45, 7) is 8.05. The summed E-state index contributed by atoms with van der Waals surface area (Å²) in [4.78, 5) is 0. The van der Waals surface area contributed by atoms with Crippen LogP contribution < -0.4 is 5.32 Å². The Bertz CT molecular complexity index is 546. The van der Waals surface area contributed by atoms with Crippen LogP contribution in [-0.2, 0) is 6.54 Å². The van der Waals surface area contributed by atoms with E-state index in [1.54, 1.807) is 0 Å². The van der Waals surface area contributed by atoms with Crippen LogP contribution in [0.3, 0.4) is 0 Å². The van der Waals surface area contributed by atoms with Crippen molar-refractivity contribution < 1.29 is 0 Å². The van der Waals surface area contributed by atoms with Crippen molar-refractivity contribution in [3.63, 3.8) is 0 Å². The van der Waals surface area contributed by atoms with Gasteiger partial charge in [0.25, 0.3) is 0 Å². The van der Waals surface area contributed by atoms with Crippen molar-refractivity contribution in [3.8, 4) is 5.69 Å². The van der Waals surface area contributed by atoms with Gasteiger partial charge in [0.05, 0.1) is 11.4 Å². The van der Waals surface area contributed by atoms with Crippen molar-refractivity contribution >= 4 is 11.6 Å². The fourth-order valence-electron chi connectivity index (χ4n) is 2.04. The predicted octanol–water partition coefficient (Wildman–Crippen LogP) is 3.25. The van der Waals surface area contributed by atoms with Crippen LogP contribution in [0.5, 0.6) is 0 Å². The Balaban J connectivity index is 2.40. The monoisotopic (exact) mass is 263 g/mol. The van der Waals surface area contributed by atoms with Crippen LogP contribution >= 0.6 is 11.6 Å². The second-order valence-electron chi connectivity index (χ2n) is 4.32. The fraction of sp³-hybridized carbons (Fsp3) is 0.357. The van der Waals surface area contributed by atoms with Gasteiger partial charge in [-0.1, -0.05) is 24.6 Å². The molecular formula is C14H18ClN3. The summed E-state index contributed by atoms with van der Waals surface area (Å²) in [6, 6.07) is 7.76. The normalized spacial score (nSPS) is 10.9. The molecule has 0 amide bonds. The van der Waals surface area contributed by atoms with Crippen LogP contribution in [-0.4, -0.2) is 16.3 Å². The van der Waals surface area contributed by atoms with Gasteiger partial charge in [-0.15, -0.1) is 0 Å². The van der Waals surface area contributed by atoms with Gasteiger partial charge < -0.3 is 5.32 Å². The number of aryl methyl sites for hydroxylation is 1. The maximum Gasteiger partial charge on any atom is 0.0663 e. The van der Waals surface area contributed by atoms with Crippen molar-refractivity contribution in [1.29, 1.82) is 0 Å². The maximum atomic E-state index is 6.02. The molecule has 4 heteroatoms. The van der Waals surface area contributed by atoms with Gasteiger partial charge in [-0.3, -0.25) is 0 Å². The van der Waals surface area contributed by atoms with Gasteiger partial charge in [-0.2, -0.15) is 5.10 Å². The molecule has 0 aliphatic rings. The average molecular weight is 264 g/mol. The molecule has 0 fully saturated rings. The highest BCUT2D eigenvalue weighted by molar-refractivity contribution is 6.30. The first-order valence-corrected chi connectivity index (χ1v) is 6.53. The van der Waals surface area contributed by atoms with Gasteiger partial charge in [0.15, 0.2) is 0 Å². The van der Waals surface area contributed by atoms with Crippen molar-refractivity contribution in [3.05, 3.63) is 46.2 Å². The van der Waals surface area contributed by atoms with E-state index in [9.17, 15) is 0 Å². The number of aromatic nitrogens is 2. The van der Waals surface area contributed by atoms with E-state index in [0.29, 0.717) is 0 Å². The zero-order chi connectivity index (χ0) is 13.1. The highest BCUT2D eigenvalue weighted by atomic mass is 35.5. The van der Waals surface area contributed by atoms with Crippen molar-refractivity contribution in [1.82, 2.24) is 15.1 Å². The second kappa shape index (κ2) is 5.55. The van der Waals surface area contributed by atoms with E-state index in [2.05, 4.69) is 24.3 Å². The molecule has 0 aliphatic heterocycles. The Hall–Kier alpha value is -1.32. The Morgan fingerprint density at radius 1 is 1.33 bits per heavy atom. The molecule has 2 aromatic rings. The lowest BCUT2D eigenvalue weighted by molar-refractivity contribution is 0.719. The predicted molar refractivity (Wildman–Crippen MR) is 75.4 cm³/mol. The summed E-state index contributed by atoms with van der Waals surface area (Å²) < 4.78 is 1.95. The van der Waals surface area contributed by atoms with Crippen LogP contribution in [0, 0.1) is 13.8 Å². The molecule has 0 unspecified atom stereocenters.